The van der Waals surface area contributed by atoms with Crippen LogP contribution >= 0.6 is 0 Å². The largest absolute Gasteiger partial charge is 0.457 e. The Labute approximate surface area is 246 Å². The van der Waals surface area contributed by atoms with Gasteiger partial charge in [-0.3, -0.25) is 4.79 Å². The van der Waals surface area contributed by atoms with Crippen molar-refractivity contribution in [1.29, 1.82) is 0 Å². The minimum absolute atomic E-state index is 0.141. The number of allylic oxidation sites excluding steroid dienone is 8. The smallest absolute Gasteiger partial charge is 0.338 e. The summed E-state index contributed by atoms with van der Waals surface area (Å²) in [6, 6.07) is 14.9. The van der Waals surface area contributed by atoms with E-state index >= 15 is 0 Å². The predicted molar refractivity (Wildman–Crippen MR) is 170 cm³/mol. The molecule has 0 saturated carbocycles. The summed E-state index contributed by atoms with van der Waals surface area (Å²) in [5, 5.41) is 14.6. The van der Waals surface area contributed by atoms with Gasteiger partial charge in [0.25, 0.3) is 5.91 Å². The summed E-state index contributed by atoms with van der Waals surface area (Å²) in [6.07, 6.45) is 14.9. The zero-order valence-corrected chi connectivity index (χ0v) is 25.4. The summed E-state index contributed by atoms with van der Waals surface area (Å²) in [6.45, 7) is 16.1. The number of cyclic esters (lactones) is 1. The van der Waals surface area contributed by atoms with Gasteiger partial charge in [0.05, 0.1) is 5.56 Å². The summed E-state index contributed by atoms with van der Waals surface area (Å²) in [5.41, 5.74) is 2.87. The van der Waals surface area contributed by atoms with Crippen LogP contribution in [-0.4, -0.2) is 22.6 Å². The monoisotopic (exact) mass is 555 g/mol. The predicted octanol–water partition coefficient (Wildman–Crippen LogP) is 8.39. The SMILES string of the molecule is C/C=C\C=C(/C)CC.C=C/C=C\C(=C/C)CC(O)(CC(C)(C)c1ccccc1)C(=O)Nc1ccc2c(c1)COC2=O. The van der Waals surface area contributed by atoms with E-state index in [0.717, 1.165) is 17.6 Å². The number of hydrogen-bond acceptors (Lipinski definition) is 4. The van der Waals surface area contributed by atoms with Crippen molar-refractivity contribution in [2.45, 2.75) is 78.4 Å². The number of fused-ring (bicyclic) bond motifs is 1. The van der Waals surface area contributed by atoms with Gasteiger partial charge in [0.2, 0.25) is 0 Å². The van der Waals surface area contributed by atoms with Crippen LogP contribution in [-0.2, 0) is 21.6 Å². The second-order valence-electron chi connectivity index (χ2n) is 10.9. The third-order valence-electron chi connectivity index (χ3n) is 7.10. The van der Waals surface area contributed by atoms with Crippen LogP contribution in [0.25, 0.3) is 0 Å². The molecule has 1 aliphatic rings. The Morgan fingerprint density at radius 2 is 1.83 bits per heavy atom. The highest BCUT2D eigenvalue weighted by Gasteiger charge is 2.42. The Morgan fingerprint density at radius 3 is 2.44 bits per heavy atom. The van der Waals surface area contributed by atoms with Crippen LogP contribution in [0.1, 0.15) is 82.3 Å². The van der Waals surface area contributed by atoms with Gasteiger partial charge in [0, 0.05) is 17.7 Å². The molecule has 5 heteroatoms. The Kier molecular flexibility index (Phi) is 12.8. The third kappa shape index (κ3) is 9.87. The first-order chi connectivity index (χ1) is 19.5. The molecule has 1 unspecified atom stereocenters. The van der Waals surface area contributed by atoms with Crippen molar-refractivity contribution in [1.82, 2.24) is 0 Å². The highest BCUT2D eigenvalue weighted by molar-refractivity contribution is 5.99. The van der Waals surface area contributed by atoms with E-state index in [1.54, 1.807) is 30.4 Å². The second-order valence-corrected chi connectivity index (χ2v) is 10.9. The molecule has 41 heavy (non-hydrogen) atoms. The Hall–Kier alpha value is -3.96. The van der Waals surface area contributed by atoms with Crippen LogP contribution in [0.3, 0.4) is 0 Å². The van der Waals surface area contributed by atoms with Crippen LogP contribution in [0.2, 0.25) is 0 Å². The van der Waals surface area contributed by atoms with Crippen molar-refractivity contribution in [2.24, 2.45) is 0 Å². The number of carbonyl (C=O) groups is 2. The topological polar surface area (TPSA) is 75.6 Å². The number of ether oxygens (including phenoxy) is 1. The van der Waals surface area contributed by atoms with Crippen LogP contribution in [0.15, 0.2) is 109 Å². The molecule has 1 aliphatic heterocycles. The molecule has 2 aromatic rings. The van der Waals surface area contributed by atoms with Crippen molar-refractivity contribution in [3.8, 4) is 0 Å². The fourth-order valence-corrected chi connectivity index (χ4v) is 4.57. The fourth-order valence-electron chi connectivity index (χ4n) is 4.57. The molecule has 5 nitrogen and oxygen atoms in total. The lowest BCUT2D eigenvalue weighted by Crippen LogP contribution is -2.47. The van der Waals surface area contributed by atoms with E-state index in [4.69, 9.17) is 4.74 Å². The van der Waals surface area contributed by atoms with E-state index in [0.29, 0.717) is 16.8 Å². The van der Waals surface area contributed by atoms with Gasteiger partial charge >= 0.3 is 5.97 Å². The standard InChI is InChI=1S/C28H31NO4.C8H14/c1-5-7-11-20(6-2)17-28(32,19-27(3,4)22-12-9-8-10-13-22)26(31)29-23-14-15-24-21(16-23)18-33-25(24)30;1-4-6-7-8(3)5-2/h5-16,32H,1,17-19H2,2-4H3,(H,29,31);4,6-7H,5H2,1-3H3/b11-7-,20-6+;6-4-,8-7+. The van der Waals surface area contributed by atoms with Gasteiger partial charge in [-0.15, -0.1) is 0 Å². The summed E-state index contributed by atoms with van der Waals surface area (Å²) in [7, 11) is 0. The summed E-state index contributed by atoms with van der Waals surface area (Å²) < 4.78 is 5.05. The maximum atomic E-state index is 13.5. The van der Waals surface area contributed by atoms with Crippen molar-refractivity contribution in [2.75, 3.05) is 5.32 Å². The quantitative estimate of drug-likeness (QED) is 0.216. The van der Waals surface area contributed by atoms with Crippen molar-refractivity contribution < 1.29 is 19.4 Å². The lowest BCUT2D eigenvalue weighted by Gasteiger charge is -2.36. The van der Waals surface area contributed by atoms with Gasteiger partial charge in [0.15, 0.2) is 0 Å². The van der Waals surface area contributed by atoms with Gasteiger partial charge in [-0.2, -0.15) is 0 Å². The van der Waals surface area contributed by atoms with E-state index in [1.165, 1.54) is 5.57 Å². The van der Waals surface area contributed by atoms with Gasteiger partial charge in [-0.25, -0.2) is 4.79 Å². The maximum Gasteiger partial charge on any atom is 0.338 e. The Balaban J connectivity index is 0.000000642. The fraction of sp³-hybridized carbons (Fsp3) is 0.333. The molecule has 0 fully saturated rings. The first-order valence-corrected chi connectivity index (χ1v) is 14.1. The van der Waals surface area contributed by atoms with Gasteiger partial charge in [-0.05, 0) is 68.4 Å². The zero-order chi connectivity index (χ0) is 30.5. The van der Waals surface area contributed by atoms with E-state index < -0.39 is 16.9 Å². The molecule has 0 bridgehead atoms. The van der Waals surface area contributed by atoms with Gasteiger partial charge < -0.3 is 15.2 Å². The molecule has 0 aliphatic carbocycles. The molecular weight excluding hydrogens is 510 g/mol. The number of rotatable bonds is 11. The van der Waals surface area contributed by atoms with Crippen LogP contribution < -0.4 is 5.32 Å². The number of esters is 1. The molecule has 1 amide bonds. The van der Waals surface area contributed by atoms with E-state index in [-0.39, 0.29) is 25.4 Å². The van der Waals surface area contributed by atoms with E-state index in [1.807, 2.05) is 76.3 Å². The van der Waals surface area contributed by atoms with Crippen molar-refractivity contribution in [3.05, 3.63) is 125 Å². The van der Waals surface area contributed by atoms with Gasteiger partial charge in [0.1, 0.15) is 12.2 Å². The molecule has 0 saturated heterocycles. The minimum Gasteiger partial charge on any atom is -0.457 e. The zero-order valence-electron chi connectivity index (χ0n) is 25.4. The van der Waals surface area contributed by atoms with Crippen molar-refractivity contribution >= 4 is 17.6 Å². The lowest BCUT2D eigenvalue weighted by atomic mass is 9.73. The summed E-state index contributed by atoms with van der Waals surface area (Å²) in [5.74, 6) is -0.862. The van der Waals surface area contributed by atoms with Crippen LogP contribution in [0.5, 0.6) is 0 Å². The number of benzene rings is 2. The Bertz CT molecular complexity index is 1310. The first kappa shape index (κ1) is 33.2. The van der Waals surface area contributed by atoms with Crippen molar-refractivity contribution in [3.63, 3.8) is 0 Å². The van der Waals surface area contributed by atoms with Gasteiger partial charge in [-0.1, -0.05) is 106 Å². The molecule has 1 atom stereocenters. The molecule has 0 radical (unpaired) electrons. The molecule has 2 aromatic carbocycles. The Morgan fingerprint density at radius 1 is 1.12 bits per heavy atom. The van der Waals surface area contributed by atoms with Crippen LogP contribution in [0.4, 0.5) is 5.69 Å². The number of amides is 1. The summed E-state index contributed by atoms with van der Waals surface area (Å²) in [4.78, 5) is 25.2. The maximum absolute atomic E-state index is 13.5. The molecule has 2 N–H and O–H groups in total. The second kappa shape index (κ2) is 15.7. The number of anilines is 1. The van der Waals surface area contributed by atoms with E-state index in [2.05, 4.69) is 37.9 Å². The molecule has 3 rings (SSSR count). The highest BCUT2D eigenvalue weighted by Crippen LogP contribution is 2.36. The molecule has 218 valence electrons. The first-order valence-electron chi connectivity index (χ1n) is 14.1. The number of hydrogen-bond donors (Lipinski definition) is 2. The normalized spacial score (nSPS) is 15.1. The number of nitrogens with one attached hydrogen (secondary N) is 1. The number of aliphatic hydroxyl groups is 1. The molecular formula is C36H45NO4. The third-order valence-corrected chi connectivity index (χ3v) is 7.10. The molecule has 1 heterocycles. The number of carbonyl (C=O) groups excluding carboxylic acids is 2. The van der Waals surface area contributed by atoms with E-state index in [9.17, 15) is 14.7 Å². The van der Waals surface area contributed by atoms with Crippen LogP contribution in [0, 0.1) is 0 Å². The lowest BCUT2D eigenvalue weighted by molar-refractivity contribution is -0.136. The average molecular weight is 556 g/mol. The summed E-state index contributed by atoms with van der Waals surface area (Å²) >= 11 is 0. The molecule has 0 aromatic heterocycles. The highest BCUT2D eigenvalue weighted by atomic mass is 16.5. The average Bonchev–Trinajstić information content (AvgIpc) is 3.34. The molecule has 0 spiro atoms. The minimum atomic E-state index is -1.68.